The largest absolute Gasteiger partial charge is 0.460 e. The van der Waals surface area contributed by atoms with Crippen LogP contribution in [0.1, 0.15) is 70.3 Å². The van der Waals surface area contributed by atoms with Crippen LogP contribution in [0.5, 0.6) is 0 Å². The molecule has 0 aliphatic carbocycles. The molecule has 0 spiro atoms. The van der Waals surface area contributed by atoms with Crippen molar-refractivity contribution in [1.82, 2.24) is 0 Å². The van der Waals surface area contributed by atoms with E-state index in [0.717, 1.165) is 12.8 Å². The van der Waals surface area contributed by atoms with Crippen LogP contribution in [0.2, 0.25) is 0 Å². The van der Waals surface area contributed by atoms with E-state index in [1.54, 1.807) is 6.07 Å². The fraction of sp³-hybridized carbons (Fsp3) is 0.750. The van der Waals surface area contributed by atoms with Crippen molar-refractivity contribution < 1.29 is 62.2 Å². The van der Waals surface area contributed by atoms with E-state index < -0.39 is 60.7 Å². The van der Waals surface area contributed by atoms with Gasteiger partial charge in [-0.05, 0) is 24.8 Å². The summed E-state index contributed by atoms with van der Waals surface area (Å²) in [6, 6.07) is 7.51. The molecule has 1 atom stereocenters. The molecule has 1 aromatic rings. The maximum absolute atomic E-state index is 14.6. The van der Waals surface area contributed by atoms with Crippen molar-refractivity contribution in [3.63, 3.8) is 0 Å². The molecule has 14 heteroatoms. The molecule has 38 heavy (non-hydrogen) atoms. The number of hydrogen-bond donors (Lipinski definition) is 1. The molecule has 0 bridgehead atoms. The highest BCUT2D eigenvalue weighted by atomic mass is 19.4. The molecule has 0 aliphatic rings. The minimum atomic E-state index is -7.95. The van der Waals surface area contributed by atoms with E-state index in [4.69, 9.17) is 0 Å². The van der Waals surface area contributed by atoms with Gasteiger partial charge in [-0.2, -0.15) is 57.1 Å². The Morgan fingerprint density at radius 2 is 1.05 bits per heavy atom. The number of aliphatic hydroxyl groups is 1. The topological polar surface area (TPSA) is 20.2 Å². The van der Waals surface area contributed by atoms with E-state index in [-0.39, 0.29) is 12.8 Å². The summed E-state index contributed by atoms with van der Waals surface area (Å²) in [5.74, 6) is -37.3. The van der Waals surface area contributed by atoms with Gasteiger partial charge in [-0.1, -0.05) is 75.8 Å². The molecule has 222 valence electrons. The lowest BCUT2D eigenvalue weighted by molar-refractivity contribution is -0.441. The Hall–Kier alpha value is -1.73. The molecule has 1 N–H and O–H groups in total. The Morgan fingerprint density at radius 1 is 0.579 bits per heavy atom. The number of hydrogen-bond acceptors (Lipinski definition) is 1. The minimum absolute atomic E-state index is 0.0602. The van der Waals surface area contributed by atoms with Gasteiger partial charge in [-0.25, -0.2) is 0 Å². The zero-order chi connectivity index (χ0) is 29.7. The van der Waals surface area contributed by atoms with E-state index >= 15 is 0 Å². The summed E-state index contributed by atoms with van der Waals surface area (Å²) in [4.78, 5) is 0. The van der Waals surface area contributed by atoms with Crippen molar-refractivity contribution >= 4 is 0 Å². The average molecular weight is 580 g/mol. The Labute approximate surface area is 211 Å². The van der Waals surface area contributed by atoms with E-state index in [0.29, 0.717) is 24.8 Å². The summed E-state index contributed by atoms with van der Waals surface area (Å²) in [6.45, 7) is 1.90. The van der Waals surface area contributed by atoms with Crippen LogP contribution in [0.15, 0.2) is 30.3 Å². The lowest BCUT2D eigenvalue weighted by atomic mass is 9.81. The van der Waals surface area contributed by atoms with Crippen LogP contribution in [0, 0.1) is 0 Å². The normalized spacial score (nSPS) is 16.0. The number of aryl methyl sites for hydroxylation is 1. The predicted octanol–water partition coefficient (Wildman–Crippen LogP) is 9.23. The van der Waals surface area contributed by atoms with Crippen molar-refractivity contribution in [2.75, 3.05) is 0 Å². The second-order valence-corrected chi connectivity index (χ2v) is 9.40. The van der Waals surface area contributed by atoms with Gasteiger partial charge in [0.25, 0.3) is 0 Å². The molecule has 0 amide bonds. The third-order valence-corrected chi connectivity index (χ3v) is 6.27. The smallest absolute Gasteiger partial charge is 0.390 e. The summed E-state index contributed by atoms with van der Waals surface area (Å²) in [5, 5.41) is 10.8. The number of alkyl halides is 13. The monoisotopic (exact) mass is 580 g/mol. The highest BCUT2D eigenvalue weighted by Crippen LogP contribution is 2.61. The summed E-state index contributed by atoms with van der Waals surface area (Å²) in [5.41, 5.74) is -2.46. The molecule has 1 rings (SSSR count). The van der Waals surface area contributed by atoms with Gasteiger partial charge in [0.1, 0.15) is 0 Å². The summed E-state index contributed by atoms with van der Waals surface area (Å²) in [6.07, 6.45) is -8.53. The summed E-state index contributed by atoms with van der Waals surface area (Å²) in [7, 11) is 0. The van der Waals surface area contributed by atoms with Gasteiger partial charge >= 0.3 is 35.8 Å². The maximum atomic E-state index is 14.6. The molecule has 0 fully saturated rings. The van der Waals surface area contributed by atoms with Crippen molar-refractivity contribution in [2.45, 2.75) is 113 Å². The van der Waals surface area contributed by atoms with Crippen LogP contribution in [0.3, 0.4) is 0 Å². The molecule has 1 unspecified atom stereocenters. The highest BCUT2D eigenvalue weighted by molar-refractivity contribution is 5.16. The van der Waals surface area contributed by atoms with Crippen LogP contribution in [0.25, 0.3) is 0 Å². The SMILES string of the molecule is CCCCCCCCC(O)(CCc1ccccc1)CC(F)(F)C(F)(F)C(F)(F)C(F)(F)C(F)(F)C(F)(F)F. The van der Waals surface area contributed by atoms with Crippen molar-refractivity contribution in [2.24, 2.45) is 0 Å². The van der Waals surface area contributed by atoms with Crippen molar-refractivity contribution in [1.29, 1.82) is 0 Å². The average Bonchev–Trinajstić information content (AvgIpc) is 2.79. The molecule has 0 radical (unpaired) electrons. The van der Waals surface area contributed by atoms with Crippen molar-refractivity contribution in [3.05, 3.63) is 35.9 Å². The lowest BCUT2D eigenvalue weighted by Crippen LogP contribution is -2.70. The number of rotatable bonds is 16. The summed E-state index contributed by atoms with van der Waals surface area (Å²) < 4.78 is 176. The highest BCUT2D eigenvalue weighted by Gasteiger charge is 2.90. The fourth-order valence-corrected chi connectivity index (χ4v) is 3.88. The Kier molecular flexibility index (Phi) is 11.0. The third-order valence-electron chi connectivity index (χ3n) is 6.27. The van der Waals surface area contributed by atoms with Crippen molar-refractivity contribution in [3.8, 4) is 0 Å². The molecule has 0 aromatic heterocycles. The van der Waals surface area contributed by atoms with E-state index in [9.17, 15) is 62.2 Å². The third kappa shape index (κ3) is 7.26. The van der Waals surface area contributed by atoms with Gasteiger partial charge in [0.05, 0.1) is 5.60 Å². The molecule has 0 saturated carbocycles. The summed E-state index contributed by atoms with van der Waals surface area (Å²) >= 11 is 0. The zero-order valence-corrected chi connectivity index (χ0v) is 20.3. The lowest BCUT2D eigenvalue weighted by Gasteiger charge is -2.42. The van der Waals surface area contributed by atoms with Gasteiger partial charge in [-0.3, -0.25) is 0 Å². The first-order valence-corrected chi connectivity index (χ1v) is 11.8. The fourth-order valence-electron chi connectivity index (χ4n) is 3.88. The van der Waals surface area contributed by atoms with Crippen LogP contribution in [0.4, 0.5) is 57.1 Å². The molecule has 1 nitrogen and oxygen atoms in total. The Balaban J connectivity index is 3.28. The van der Waals surface area contributed by atoms with Crippen LogP contribution in [-0.4, -0.2) is 46.5 Å². The predicted molar refractivity (Wildman–Crippen MR) is 113 cm³/mol. The first-order chi connectivity index (χ1) is 17.1. The van der Waals surface area contributed by atoms with Crippen LogP contribution in [-0.2, 0) is 6.42 Å². The van der Waals surface area contributed by atoms with Crippen LogP contribution < -0.4 is 0 Å². The molecule has 0 heterocycles. The zero-order valence-electron chi connectivity index (χ0n) is 20.3. The quantitative estimate of drug-likeness (QED) is 0.153. The molecule has 0 aliphatic heterocycles. The Bertz CT molecular complexity index is 853. The van der Waals surface area contributed by atoms with Gasteiger partial charge in [0.2, 0.25) is 0 Å². The number of halogens is 13. The van der Waals surface area contributed by atoms with E-state index in [1.807, 2.05) is 6.92 Å². The molecule has 0 saturated heterocycles. The number of benzene rings is 1. The first kappa shape index (κ1) is 34.3. The van der Waals surface area contributed by atoms with Gasteiger partial charge in [0.15, 0.2) is 0 Å². The second kappa shape index (κ2) is 12.2. The van der Waals surface area contributed by atoms with E-state index in [2.05, 4.69) is 0 Å². The van der Waals surface area contributed by atoms with Crippen LogP contribution >= 0.6 is 0 Å². The van der Waals surface area contributed by atoms with Gasteiger partial charge in [-0.15, -0.1) is 0 Å². The first-order valence-electron chi connectivity index (χ1n) is 11.8. The standard InChI is InChI=1S/C24H29F13O/c1-2-3-4-5-6-10-14-18(38,15-13-17-11-8-7-9-12-17)16-19(25,26)20(27,28)21(29,30)22(31,32)23(33,34)24(35,36)37/h7-9,11-12,38H,2-6,10,13-16H2,1H3. The van der Waals surface area contributed by atoms with E-state index in [1.165, 1.54) is 24.3 Å². The van der Waals surface area contributed by atoms with Gasteiger partial charge < -0.3 is 5.11 Å². The minimum Gasteiger partial charge on any atom is -0.390 e. The second-order valence-electron chi connectivity index (χ2n) is 9.40. The molecule has 1 aromatic carbocycles. The number of unbranched alkanes of at least 4 members (excludes halogenated alkanes) is 5. The van der Waals surface area contributed by atoms with Gasteiger partial charge in [0, 0.05) is 6.42 Å². The maximum Gasteiger partial charge on any atom is 0.460 e. The molecular formula is C24H29F13O. The molecular weight excluding hydrogens is 551 g/mol. The Morgan fingerprint density at radius 3 is 1.55 bits per heavy atom.